The summed E-state index contributed by atoms with van der Waals surface area (Å²) in [5.74, 6) is -0.0793. The van der Waals surface area contributed by atoms with Gasteiger partial charge in [-0.3, -0.25) is 4.79 Å². The number of nitrogens with zero attached hydrogens (tertiary/aromatic N) is 2. The number of benzene rings is 1. The van der Waals surface area contributed by atoms with Crippen LogP contribution in [0.15, 0.2) is 34.9 Å². The molecule has 0 atom stereocenters. The molecule has 1 aromatic carbocycles. The smallest absolute Gasteiger partial charge is 0.305 e. The summed E-state index contributed by atoms with van der Waals surface area (Å²) in [5, 5.41) is 12.7. The van der Waals surface area contributed by atoms with Crippen LogP contribution in [0.2, 0.25) is 0 Å². The SMILES string of the molecule is Cc1ccc(N(CCC(=O)O)Cc2cc(C)no2)cc1. The number of rotatable bonds is 6. The van der Waals surface area contributed by atoms with E-state index >= 15 is 0 Å². The number of hydrogen-bond acceptors (Lipinski definition) is 4. The predicted molar refractivity (Wildman–Crippen MR) is 75.7 cm³/mol. The van der Waals surface area contributed by atoms with E-state index in [0.717, 1.165) is 17.1 Å². The van der Waals surface area contributed by atoms with E-state index in [-0.39, 0.29) is 6.42 Å². The van der Waals surface area contributed by atoms with E-state index in [9.17, 15) is 4.79 Å². The summed E-state index contributed by atoms with van der Waals surface area (Å²) in [7, 11) is 0. The Morgan fingerprint density at radius 1 is 1.30 bits per heavy atom. The Morgan fingerprint density at radius 3 is 2.55 bits per heavy atom. The Kier molecular flexibility index (Phi) is 4.40. The van der Waals surface area contributed by atoms with Crippen molar-refractivity contribution in [1.82, 2.24) is 5.16 Å². The molecule has 5 heteroatoms. The molecule has 2 aromatic rings. The average Bonchev–Trinajstić information content (AvgIpc) is 2.81. The van der Waals surface area contributed by atoms with Crippen LogP contribution < -0.4 is 4.90 Å². The maximum absolute atomic E-state index is 10.8. The van der Waals surface area contributed by atoms with Crippen LogP contribution >= 0.6 is 0 Å². The summed E-state index contributed by atoms with van der Waals surface area (Å²) in [4.78, 5) is 12.8. The molecule has 2 rings (SSSR count). The van der Waals surface area contributed by atoms with Gasteiger partial charge >= 0.3 is 5.97 Å². The van der Waals surface area contributed by atoms with Crippen molar-refractivity contribution < 1.29 is 14.4 Å². The van der Waals surface area contributed by atoms with Gasteiger partial charge in [0.15, 0.2) is 5.76 Å². The van der Waals surface area contributed by atoms with E-state index in [4.69, 9.17) is 9.63 Å². The molecule has 1 heterocycles. The van der Waals surface area contributed by atoms with Gasteiger partial charge in [-0.1, -0.05) is 22.9 Å². The van der Waals surface area contributed by atoms with Crippen molar-refractivity contribution in [2.24, 2.45) is 0 Å². The van der Waals surface area contributed by atoms with Gasteiger partial charge in [0, 0.05) is 18.3 Å². The predicted octanol–water partition coefficient (Wildman–Crippen LogP) is 2.77. The fourth-order valence-corrected chi connectivity index (χ4v) is 1.96. The zero-order valence-corrected chi connectivity index (χ0v) is 11.7. The molecule has 0 amide bonds. The Balaban J connectivity index is 2.15. The zero-order valence-electron chi connectivity index (χ0n) is 11.7. The molecule has 0 aliphatic heterocycles. The molecular weight excluding hydrogens is 256 g/mol. The Morgan fingerprint density at radius 2 is 2.00 bits per heavy atom. The number of carbonyl (C=O) groups is 1. The average molecular weight is 274 g/mol. The summed E-state index contributed by atoms with van der Waals surface area (Å²) in [6.45, 7) is 4.82. The summed E-state index contributed by atoms with van der Waals surface area (Å²) in [6.07, 6.45) is 0.0843. The second-order valence-electron chi connectivity index (χ2n) is 4.84. The van der Waals surface area contributed by atoms with Gasteiger partial charge in [0.25, 0.3) is 0 Å². The van der Waals surface area contributed by atoms with Crippen molar-refractivity contribution in [2.75, 3.05) is 11.4 Å². The van der Waals surface area contributed by atoms with Crippen molar-refractivity contribution in [3.8, 4) is 0 Å². The zero-order chi connectivity index (χ0) is 14.5. The molecule has 0 aliphatic rings. The van der Waals surface area contributed by atoms with Gasteiger partial charge in [-0.25, -0.2) is 0 Å². The van der Waals surface area contributed by atoms with E-state index < -0.39 is 5.97 Å². The van der Waals surface area contributed by atoms with Gasteiger partial charge < -0.3 is 14.5 Å². The lowest BCUT2D eigenvalue weighted by Crippen LogP contribution is -2.25. The molecule has 20 heavy (non-hydrogen) atoms. The molecule has 0 saturated heterocycles. The van der Waals surface area contributed by atoms with Crippen LogP contribution in [0.4, 0.5) is 5.69 Å². The van der Waals surface area contributed by atoms with E-state index in [1.54, 1.807) is 0 Å². The number of anilines is 1. The molecule has 0 radical (unpaired) electrons. The number of aromatic nitrogens is 1. The first-order chi connectivity index (χ1) is 9.54. The van der Waals surface area contributed by atoms with Crippen molar-refractivity contribution in [1.29, 1.82) is 0 Å². The molecule has 0 unspecified atom stereocenters. The summed E-state index contributed by atoms with van der Waals surface area (Å²) >= 11 is 0. The maximum atomic E-state index is 10.8. The summed E-state index contributed by atoms with van der Waals surface area (Å²) < 4.78 is 5.21. The minimum absolute atomic E-state index is 0.0843. The quantitative estimate of drug-likeness (QED) is 0.877. The molecular formula is C15H18N2O3. The molecule has 5 nitrogen and oxygen atoms in total. The van der Waals surface area contributed by atoms with Crippen LogP contribution in [0, 0.1) is 13.8 Å². The van der Waals surface area contributed by atoms with Crippen LogP contribution in [0.1, 0.15) is 23.4 Å². The molecule has 0 fully saturated rings. The standard InChI is InChI=1S/C15H18N2O3/c1-11-3-5-13(6-4-11)17(8-7-15(18)19)10-14-9-12(2)16-20-14/h3-6,9H,7-8,10H2,1-2H3,(H,18,19). The first kappa shape index (κ1) is 14.1. The molecule has 1 N–H and O–H groups in total. The van der Waals surface area contributed by atoms with Crippen LogP contribution in [-0.4, -0.2) is 22.8 Å². The number of carboxylic acid groups (broad SMARTS) is 1. The van der Waals surface area contributed by atoms with E-state index in [0.29, 0.717) is 13.1 Å². The fraction of sp³-hybridized carbons (Fsp3) is 0.333. The van der Waals surface area contributed by atoms with E-state index in [1.807, 2.05) is 49.1 Å². The minimum Gasteiger partial charge on any atom is -0.481 e. The summed E-state index contributed by atoms with van der Waals surface area (Å²) in [6, 6.07) is 9.85. The number of hydrogen-bond donors (Lipinski definition) is 1. The third kappa shape index (κ3) is 3.85. The normalized spacial score (nSPS) is 10.5. The molecule has 0 aliphatic carbocycles. The van der Waals surface area contributed by atoms with Crippen LogP contribution in [0.5, 0.6) is 0 Å². The number of aliphatic carboxylic acids is 1. The lowest BCUT2D eigenvalue weighted by Gasteiger charge is -2.23. The van der Waals surface area contributed by atoms with Gasteiger partial charge in [-0.2, -0.15) is 0 Å². The highest BCUT2D eigenvalue weighted by molar-refractivity contribution is 5.67. The second kappa shape index (κ2) is 6.23. The Labute approximate surface area is 117 Å². The van der Waals surface area contributed by atoms with Gasteiger partial charge in [-0.15, -0.1) is 0 Å². The monoisotopic (exact) mass is 274 g/mol. The van der Waals surface area contributed by atoms with Crippen molar-refractivity contribution in [3.63, 3.8) is 0 Å². The van der Waals surface area contributed by atoms with Crippen molar-refractivity contribution >= 4 is 11.7 Å². The van der Waals surface area contributed by atoms with Crippen molar-refractivity contribution in [2.45, 2.75) is 26.8 Å². The number of aryl methyl sites for hydroxylation is 2. The van der Waals surface area contributed by atoms with Gasteiger partial charge in [-0.05, 0) is 26.0 Å². The highest BCUT2D eigenvalue weighted by Gasteiger charge is 2.12. The third-order valence-electron chi connectivity index (χ3n) is 3.02. The highest BCUT2D eigenvalue weighted by Crippen LogP contribution is 2.18. The molecule has 0 bridgehead atoms. The lowest BCUT2D eigenvalue weighted by molar-refractivity contribution is -0.136. The van der Waals surface area contributed by atoms with Crippen LogP contribution in [-0.2, 0) is 11.3 Å². The topological polar surface area (TPSA) is 66.6 Å². The fourth-order valence-electron chi connectivity index (χ4n) is 1.96. The molecule has 0 saturated carbocycles. The summed E-state index contributed by atoms with van der Waals surface area (Å²) in [5.41, 5.74) is 2.97. The van der Waals surface area contributed by atoms with Crippen LogP contribution in [0.25, 0.3) is 0 Å². The number of carboxylic acids is 1. The van der Waals surface area contributed by atoms with E-state index in [2.05, 4.69) is 5.16 Å². The Bertz CT molecular complexity index is 575. The highest BCUT2D eigenvalue weighted by atomic mass is 16.5. The second-order valence-corrected chi connectivity index (χ2v) is 4.84. The third-order valence-corrected chi connectivity index (χ3v) is 3.02. The van der Waals surface area contributed by atoms with Gasteiger partial charge in [0.2, 0.25) is 0 Å². The Hall–Kier alpha value is -2.30. The first-order valence-corrected chi connectivity index (χ1v) is 6.50. The lowest BCUT2D eigenvalue weighted by atomic mass is 10.2. The molecule has 0 spiro atoms. The largest absolute Gasteiger partial charge is 0.481 e. The first-order valence-electron chi connectivity index (χ1n) is 6.50. The van der Waals surface area contributed by atoms with E-state index in [1.165, 1.54) is 5.56 Å². The minimum atomic E-state index is -0.809. The van der Waals surface area contributed by atoms with Gasteiger partial charge in [0.05, 0.1) is 18.7 Å². The molecule has 1 aromatic heterocycles. The van der Waals surface area contributed by atoms with Gasteiger partial charge in [0.1, 0.15) is 0 Å². The van der Waals surface area contributed by atoms with Crippen molar-refractivity contribution in [3.05, 3.63) is 47.3 Å². The maximum Gasteiger partial charge on any atom is 0.305 e. The molecule has 106 valence electrons. The van der Waals surface area contributed by atoms with Crippen LogP contribution in [0.3, 0.4) is 0 Å².